The van der Waals surface area contributed by atoms with Crippen molar-refractivity contribution < 1.29 is 4.79 Å². The molecule has 0 aliphatic carbocycles. The summed E-state index contributed by atoms with van der Waals surface area (Å²) in [6.07, 6.45) is 4.62. The summed E-state index contributed by atoms with van der Waals surface area (Å²) in [5.41, 5.74) is 7.18. The fourth-order valence-corrected chi connectivity index (χ4v) is 4.14. The summed E-state index contributed by atoms with van der Waals surface area (Å²) in [5.74, 6) is 1.55. The molecule has 2 saturated heterocycles. The van der Waals surface area contributed by atoms with Crippen LogP contribution in [0.3, 0.4) is 0 Å². The zero-order chi connectivity index (χ0) is 16.9. The van der Waals surface area contributed by atoms with Crippen LogP contribution in [0.25, 0.3) is 0 Å². The average molecular weight is 402 g/mol. The number of piperidine rings is 1. The Morgan fingerprint density at radius 2 is 1.69 bits per heavy atom. The molecule has 1 amide bonds. The van der Waals surface area contributed by atoms with Crippen LogP contribution < -0.4 is 5.73 Å². The summed E-state index contributed by atoms with van der Waals surface area (Å²) in [6.45, 7) is 6.59. The molecule has 148 valence electrons. The summed E-state index contributed by atoms with van der Waals surface area (Å²) < 4.78 is 0. The molecule has 2 aliphatic rings. The van der Waals surface area contributed by atoms with Gasteiger partial charge in [-0.2, -0.15) is 0 Å². The van der Waals surface area contributed by atoms with Crippen molar-refractivity contribution in [1.29, 1.82) is 0 Å². The van der Waals surface area contributed by atoms with Crippen molar-refractivity contribution in [2.45, 2.75) is 38.6 Å². The molecule has 4 nitrogen and oxygen atoms in total. The maximum Gasteiger partial charge on any atom is 0.239 e. The molecule has 1 aromatic carbocycles. The SMILES string of the molecule is CC(C(=O)N1CCC(CN)C1)N1CCC(Cc2ccccc2)CC1.Cl.Cl. The zero-order valence-electron chi connectivity index (χ0n) is 15.7. The van der Waals surface area contributed by atoms with Gasteiger partial charge in [0.05, 0.1) is 6.04 Å². The second kappa shape index (κ2) is 11.1. The van der Waals surface area contributed by atoms with Gasteiger partial charge >= 0.3 is 0 Å². The maximum atomic E-state index is 12.7. The number of nitrogens with two attached hydrogens (primary N) is 1. The monoisotopic (exact) mass is 401 g/mol. The van der Waals surface area contributed by atoms with E-state index in [2.05, 4.69) is 42.2 Å². The molecule has 6 heteroatoms. The number of halogens is 2. The third kappa shape index (κ3) is 5.85. The van der Waals surface area contributed by atoms with Crippen LogP contribution in [0, 0.1) is 11.8 Å². The van der Waals surface area contributed by atoms with E-state index in [0.29, 0.717) is 18.4 Å². The summed E-state index contributed by atoms with van der Waals surface area (Å²) in [5, 5.41) is 0. The molecular weight excluding hydrogens is 369 g/mol. The highest BCUT2D eigenvalue weighted by molar-refractivity contribution is 5.85. The minimum Gasteiger partial charge on any atom is -0.341 e. The molecule has 0 radical (unpaired) electrons. The minimum atomic E-state index is 0. The van der Waals surface area contributed by atoms with E-state index >= 15 is 0 Å². The Labute approximate surface area is 170 Å². The zero-order valence-corrected chi connectivity index (χ0v) is 17.3. The number of likely N-dealkylation sites (tertiary alicyclic amines) is 2. The van der Waals surface area contributed by atoms with Crippen LogP contribution in [0.2, 0.25) is 0 Å². The van der Waals surface area contributed by atoms with Crippen molar-refractivity contribution in [1.82, 2.24) is 9.80 Å². The van der Waals surface area contributed by atoms with Crippen molar-refractivity contribution >= 4 is 30.7 Å². The number of carbonyl (C=O) groups is 1. The van der Waals surface area contributed by atoms with Gasteiger partial charge in [0.1, 0.15) is 0 Å². The Bertz CT molecular complexity index is 535. The van der Waals surface area contributed by atoms with Gasteiger partial charge in [0, 0.05) is 13.1 Å². The van der Waals surface area contributed by atoms with Crippen LogP contribution in [0.1, 0.15) is 31.7 Å². The van der Waals surface area contributed by atoms with E-state index in [1.54, 1.807) is 0 Å². The van der Waals surface area contributed by atoms with Gasteiger partial charge in [-0.05, 0) is 69.6 Å². The number of hydrogen-bond acceptors (Lipinski definition) is 3. The first kappa shape index (κ1) is 23.2. The standard InChI is InChI=1S/C20H31N3O.2ClH/c1-16(20(24)23-12-9-19(14-21)15-23)22-10-7-18(8-11-22)13-17-5-3-2-4-6-17;;/h2-6,16,18-19H,7-15,21H2,1H3;2*1H. The Balaban J connectivity index is 0.00000169. The first-order valence-electron chi connectivity index (χ1n) is 9.44. The molecule has 26 heavy (non-hydrogen) atoms. The molecule has 0 spiro atoms. The van der Waals surface area contributed by atoms with E-state index in [1.807, 2.05) is 4.90 Å². The van der Waals surface area contributed by atoms with E-state index in [4.69, 9.17) is 5.73 Å². The van der Waals surface area contributed by atoms with Crippen LogP contribution in [0.4, 0.5) is 0 Å². The van der Waals surface area contributed by atoms with Gasteiger partial charge in [0.15, 0.2) is 0 Å². The third-order valence-corrected chi connectivity index (χ3v) is 5.85. The van der Waals surface area contributed by atoms with Gasteiger partial charge in [-0.25, -0.2) is 0 Å². The lowest BCUT2D eigenvalue weighted by Gasteiger charge is -2.36. The predicted molar refractivity (Wildman–Crippen MR) is 112 cm³/mol. The molecular formula is C20H33Cl2N3O. The van der Waals surface area contributed by atoms with Crippen molar-refractivity contribution in [3.8, 4) is 0 Å². The van der Waals surface area contributed by atoms with Crippen molar-refractivity contribution in [3.05, 3.63) is 35.9 Å². The van der Waals surface area contributed by atoms with Crippen molar-refractivity contribution in [2.75, 3.05) is 32.7 Å². The minimum absolute atomic E-state index is 0. The number of rotatable bonds is 5. The number of amides is 1. The van der Waals surface area contributed by atoms with Gasteiger partial charge in [0.2, 0.25) is 5.91 Å². The molecule has 2 unspecified atom stereocenters. The second-order valence-electron chi connectivity index (χ2n) is 7.52. The fraction of sp³-hybridized carbons (Fsp3) is 0.650. The van der Waals surface area contributed by atoms with Crippen LogP contribution in [0.5, 0.6) is 0 Å². The molecule has 2 atom stereocenters. The summed E-state index contributed by atoms with van der Waals surface area (Å²) >= 11 is 0. The maximum absolute atomic E-state index is 12.7. The number of carbonyl (C=O) groups excluding carboxylic acids is 1. The molecule has 2 N–H and O–H groups in total. The van der Waals surface area contributed by atoms with E-state index in [-0.39, 0.29) is 30.9 Å². The Morgan fingerprint density at radius 1 is 1.08 bits per heavy atom. The molecule has 0 aromatic heterocycles. The van der Waals surface area contributed by atoms with Crippen LogP contribution in [-0.2, 0) is 11.2 Å². The van der Waals surface area contributed by atoms with Gasteiger partial charge < -0.3 is 10.6 Å². The molecule has 2 aliphatic heterocycles. The van der Waals surface area contributed by atoms with Crippen molar-refractivity contribution in [3.63, 3.8) is 0 Å². The Morgan fingerprint density at radius 3 is 2.27 bits per heavy atom. The highest BCUT2D eigenvalue weighted by Gasteiger charge is 2.32. The first-order valence-corrected chi connectivity index (χ1v) is 9.44. The van der Waals surface area contributed by atoms with Crippen LogP contribution in [0.15, 0.2) is 30.3 Å². The Hall–Kier alpha value is -0.810. The Kier molecular flexibility index (Phi) is 9.94. The molecule has 0 saturated carbocycles. The highest BCUT2D eigenvalue weighted by atomic mass is 35.5. The summed E-state index contributed by atoms with van der Waals surface area (Å²) in [7, 11) is 0. The largest absolute Gasteiger partial charge is 0.341 e. The highest BCUT2D eigenvalue weighted by Crippen LogP contribution is 2.24. The fourth-order valence-electron chi connectivity index (χ4n) is 4.14. The number of hydrogen-bond donors (Lipinski definition) is 1. The predicted octanol–water partition coefficient (Wildman–Crippen LogP) is 2.98. The van der Waals surface area contributed by atoms with E-state index in [1.165, 1.54) is 24.8 Å². The molecule has 3 rings (SSSR count). The molecule has 2 heterocycles. The summed E-state index contributed by atoms with van der Waals surface area (Å²) in [4.78, 5) is 17.1. The van der Waals surface area contributed by atoms with Crippen LogP contribution >= 0.6 is 24.8 Å². The van der Waals surface area contributed by atoms with E-state index in [9.17, 15) is 4.79 Å². The number of benzene rings is 1. The summed E-state index contributed by atoms with van der Waals surface area (Å²) in [6, 6.07) is 10.8. The average Bonchev–Trinajstić information content (AvgIpc) is 3.11. The second-order valence-corrected chi connectivity index (χ2v) is 7.52. The molecule has 1 aromatic rings. The third-order valence-electron chi connectivity index (χ3n) is 5.85. The van der Waals surface area contributed by atoms with Gasteiger partial charge in [-0.1, -0.05) is 30.3 Å². The lowest BCUT2D eigenvalue weighted by atomic mass is 9.89. The lowest BCUT2D eigenvalue weighted by Crippen LogP contribution is -2.49. The molecule has 2 fully saturated rings. The topological polar surface area (TPSA) is 49.6 Å². The van der Waals surface area contributed by atoms with Crippen molar-refractivity contribution in [2.24, 2.45) is 17.6 Å². The van der Waals surface area contributed by atoms with Gasteiger partial charge in [0.25, 0.3) is 0 Å². The van der Waals surface area contributed by atoms with E-state index in [0.717, 1.165) is 38.5 Å². The smallest absolute Gasteiger partial charge is 0.239 e. The van der Waals surface area contributed by atoms with Gasteiger partial charge in [-0.15, -0.1) is 24.8 Å². The lowest BCUT2D eigenvalue weighted by molar-refractivity contribution is -0.136. The van der Waals surface area contributed by atoms with E-state index < -0.39 is 0 Å². The first-order chi connectivity index (χ1) is 11.7. The van der Waals surface area contributed by atoms with Gasteiger partial charge in [-0.3, -0.25) is 9.69 Å². The van der Waals surface area contributed by atoms with Crippen LogP contribution in [-0.4, -0.2) is 54.5 Å². The molecule has 0 bridgehead atoms. The quantitative estimate of drug-likeness (QED) is 0.824. The number of nitrogens with zero attached hydrogens (tertiary/aromatic N) is 2. The normalized spacial score (nSPS) is 22.4.